The Morgan fingerprint density at radius 3 is 2.84 bits per heavy atom. The van der Waals surface area contributed by atoms with Crippen molar-refractivity contribution in [1.82, 2.24) is 14.7 Å². The van der Waals surface area contributed by atoms with Crippen molar-refractivity contribution in [1.29, 1.82) is 0 Å². The molecule has 0 aliphatic carbocycles. The van der Waals surface area contributed by atoms with Gasteiger partial charge in [-0.25, -0.2) is 4.98 Å². The number of piperidine rings is 1. The summed E-state index contributed by atoms with van der Waals surface area (Å²) in [4.78, 5) is 6.75. The van der Waals surface area contributed by atoms with Crippen molar-refractivity contribution in [3.8, 4) is 0 Å². The highest BCUT2D eigenvalue weighted by molar-refractivity contribution is 5.54. The lowest BCUT2D eigenvalue weighted by molar-refractivity contribution is 0.367. The van der Waals surface area contributed by atoms with Gasteiger partial charge >= 0.3 is 0 Å². The average Bonchev–Trinajstić information content (AvgIpc) is 2.82. The fourth-order valence-corrected chi connectivity index (χ4v) is 2.79. The van der Waals surface area contributed by atoms with Crippen molar-refractivity contribution >= 4 is 11.2 Å². The number of anilines is 1. The van der Waals surface area contributed by atoms with Crippen LogP contribution in [0.1, 0.15) is 18.7 Å². The Bertz CT molecular complexity index is 552. The molecule has 1 aliphatic heterocycles. The molecule has 0 atom stereocenters. The molecular weight excluding hydrogens is 236 g/mol. The van der Waals surface area contributed by atoms with Gasteiger partial charge in [0.15, 0.2) is 0 Å². The van der Waals surface area contributed by atoms with Gasteiger partial charge in [0.2, 0.25) is 0 Å². The lowest BCUT2D eigenvalue weighted by Gasteiger charge is -2.22. The summed E-state index contributed by atoms with van der Waals surface area (Å²) in [6, 6.07) is 4.29. The van der Waals surface area contributed by atoms with E-state index in [2.05, 4.69) is 52.0 Å². The molecule has 1 fully saturated rings. The molecule has 0 unspecified atom stereocenters. The second-order valence-electron chi connectivity index (χ2n) is 5.65. The van der Waals surface area contributed by atoms with Crippen LogP contribution in [-0.4, -0.2) is 36.6 Å². The van der Waals surface area contributed by atoms with Crippen LogP contribution in [0.3, 0.4) is 0 Å². The molecule has 0 saturated carbocycles. The summed E-state index contributed by atoms with van der Waals surface area (Å²) in [6.07, 6.45) is 7.80. The van der Waals surface area contributed by atoms with E-state index in [1.54, 1.807) is 0 Å². The zero-order valence-electron chi connectivity index (χ0n) is 11.8. The van der Waals surface area contributed by atoms with Gasteiger partial charge in [-0.2, -0.15) is 0 Å². The van der Waals surface area contributed by atoms with Gasteiger partial charge in [-0.15, -0.1) is 0 Å². The number of fused-ring (bicyclic) bond motifs is 1. The van der Waals surface area contributed by atoms with Gasteiger partial charge in [0, 0.05) is 26.7 Å². The number of hydrogen-bond acceptors (Lipinski definition) is 3. The summed E-state index contributed by atoms with van der Waals surface area (Å²) >= 11 is 0. The summed E-state index contributed by atoms with van der Waals surface area (Å²) in [5.41, 5.74) is 2.41. The van der Waals surface area contributed by atoms with Crippen molar-refractivity contribution < 1.29 is 0 Å². The quantitative estimate of drug-likeness (QED) is 0.913. The molecule has 1 N–H and O–H groups in total. The highest BCUT2D eigenvalue weighted by Crippen LogP contribution is 2.20. The first-order chi connectivity index (χ1) is 9.24. The number of hydrogen-bond donors (Lipinski definition) is 1. The van der Waals surface area contributed by atoms with Crippen LogP contribution in [0.2, 0.25) is 0 Å². The van der Waals surface area contributed by atoms with Crippen molar-refractivity contribution in [3.63, 3.8) is 0 Å². The Labute approximate surface area is 114 Å². The minimum Gasteiger partial charge on any atom is -0.376 e. The first-order valence-electron chi connectivity index (χ1n) is 7.08. The predicted octanol–water partition coefficient (Wildman–Crippen LogP) is 1.94. The largest absolute Gasteiger partial charge is 0.376 e. The molecule has 3 heterocycles. The van der Waals surface area contributed by atoms with E-state index in [1.807, 2.05) is 6.20 Å². The molecule has 3 rings (SSSR count). The summed E-state index contributed by atoms with van der Waals surface area (Å²) in [7, 11) is 4.15. The molecule has 4 nitrogen and oxygen atoms in total. The summed E-state index contributed by atoms with van der Waals surface area (Å²) in [6.45, 7) is 2.30. The molecule has 0 aromatic carbocycles. The SMILES string of the molecule is CN(C)c1ccc2cnc(CC3CCNCC3)n2c1. The Morgan fingerprint density at radius 2 is 2.11 bits per heavy atom. The molecule has 0 bridgehead atoms. The first-order valence-corrected chi connectivity index (χ1v) is 7.08. The molecule has 1 aliphatic rings. The third kappa shape index (κ3) is 2.59. The molecule has 102 valence electrons. The van der Waals surface area contributed by atoms with E-state index < -0.39 is 0 Å². The fraction of sp³-hybridized carbons (Fsp3) is 0.533. The van der Waals surface area contributed by atoms with Crippen molar-refractivity contribution in [2.75, 3.05) is 32.1 Å². The van der Waals surface area contributed by atoms with Crippen LogP contribution >= 0.6 is 0 Å². The molecule has 0 radical (unpaired) electrons. The lowest BCUT2D eigenvalue weighted by atomic mass is 9.94. The molecule has 2 aromatic heterocycles. The van der Waals surface area contributed by atoms with Crippen molar-refractivity contribution in [3.05, 3.63) is 30.4 Å². The van der Waals surface area contributed by atoms with Crippen molar-refractivity contribution in [2.45, 2.75) is 19.3 Å². The first kappa shape index (κ1) is 12.5. The molecule has 0 amide bonds. The zero-order valence-corrected chi connectivity index (χ0v) is 11.8. The van der Waals surface area contributed by atoms with Gasteiger partial charge in [0.05, 0.1) is 17.4 Å². The third-order valence-corrected chi connectivity index (χ3v) is 4.03. The molecule has 4 heteroatoms. The van der Waals surface area contributed by atoms with E-state index in [9.17, 15) is 0 Å². The van der Waals surface area contributed by atoms with Crippen LogP contribution in [0.5, 0.6) is 0 Å². The Kier molecular flexibility index (Phi) is 3.42. The predicted molar refractivity (Wildman–Crippen MR) is 78.8 cm³/mol. The monoisotopic (exact) mass is 258 g/mol. The summed E-state index contributed by atoms with van der Waals surface area (Å²) < 4.78 is 2.25. The highest BCUT2D eigenvalue weighted by atomic mass is 15.1. The zero-order chi connectivity index (χ0) is 13.2. The number of pyridine rings is 1. The minimum absolute atomic E-state index is 0.773. The average molecular weight is 258 g/mol. The van der Waals surface area contributed by atoms with E-state index in [0.29, 0.717) is 0 Å². The van der Waals surface area contributed by atoms with Crippen LogP contribution in [0.4, 0.5) is 5.69 Å². The van der Waals surface area contributed by atoms with Crippen LogP contribution < -0.4 is 10.2 Å². The van der Waals surface area contributed by atoms with Crippen molar-refractivity contribution in [2.24, 2.45) is 5.92 Å². The third-order valence-electron chi connectivity index (χ3n) is 4.03. The number of nitrogens with one attached hydrogen (secondary N) is 1. The van der Waals surface area contributed by atoms with Gasteiger partial charge in [-0.3, -0.25) is 0 Å². The fourth-order valence-electron chi connectivity index (χ4n) is 2.79. The van der Waals surface area contributed by atoms with Gasteiger partial charge in [-0.1, -0.05) is 0 Å². The van der Waals surface area contributed by atoms with E-state index in [0.717, 1.165) is 25.4 Å². The summed E-state index contributed by atoms with van der Waals surface area (Å²) in [5, 5.41) is 3.42. The smallest absolute Gasteiger partial charge is 0.113 e. The normalized spacial score (nSPS) is 16.9. The Hall–Kier alpha value is -1.55. The Morgan fingerprint density at radius 1 is 1.32 bits per heavy atom. The topological polar surface area (TPSA) is 32.6 Å². The van der Waals surface area contributed by atoms with Crippen LogP contribution in [0.15, 0.2) is 24.5 Å². The Balaban J connectivity index is 1.87. The molecule has 1 saturated heterocycles. The van der Waals surface area contributed by atoms with Crippen LogP contribution in [0.25, 0.3) is 5.52 Å². The standard InChI is InChI=1S/C15H22N4/c1-18(2)14-4-3-13-10-17-15(19(13)11-14)9-12-5-7-16-8-6-12/h3-4,10-12,16H,5-9H2,1-2H3. The van der Waals surface area contributed by atoms with Gasteiger partial charge in [-0.05, 0) is 44.0 Å². The van der Waals surface area contributed by atoms with E-state index >= 15 is 0 Å². The molecule has 2 aromatic rings. The van der Waals surface area contributed by atoms with E-state index in [4.69, 9.17) is 0 Å². The van der Waals surface area contributed by atoms with E-state index in [-0.39, 0.29) is 0 Å². The molecule has 0 spiro atoms. The maximum absolute atomic E-state index is 4.61. The van der Waals surface area contributed by atoms with Gasteiger partial charge in [0.1, 0.15) is 5.82 Å². The van der Waals surface area contributed by atoms with Gasteiger partial charge in [0.25, 0.3) is 0 Å². The second kappa shape index (κ2) is 5.21. The number of rotatable bonds is 3. The molecular formula is C15H22N4. The van der Waals surface area contributed by atoms with Crippen LogP contribution in [0, 0.1) is 5.92 Å². The van der Waals surface area contributed by atoms with Gasteiger partial charge < -0.3 is 14.6 Å². The minimum atomic E-state index is 0.773. The van der Waals surface area contributed by atoms with Crippen LogP contribution in [-0.2, 0) is 6.42 Å². The van der Waals surface area contributed by atoms with E-state index in [1.165, 1.54) is 29.9 Å². The highest BCUT2D eigenvalue weighted by Gasteiger charge is 2.16. The molecule has 19 heavy (non-hydrogen) atoms. The summed E-state index contributed by atoms with van der Waals surface area (Å²) in [5.74, 6) is 1.97. The maximum Gasteiger partial charge on any atom is 0.113 e. The maximum atomic E-state index is 4.61. The number of imidazole rings is 1. The number of aromatic nitrogens is 2. The second-order valence-corrected chi connectivity index (χ2v) is 5.65. The lowest BCUT2D eigenvalue weighted by Crippen LogP contribution is -2.29. The number of nitrogens with zero attached hydrogens (tertiary/aromatic N) is 3.